The molecular weight excluding hydrogens is 558 g/mol. The molecule has 0 saturated carbocycles. The number of halogens is 4. The average Bonchev–Trinajstić information content (AvgIpc) is 3.52. The molecule has 0 bridgehead atoms. The minimum atomic E-state index is -5.34. The maximum Gasteiger partial charge on any atom is 0.424 e. The first-order valence-corrected chi connectivity index (χ1v) is 12.7. The summed E-state index contributed by atoms with van der Waals surface area (Å²) in [4.78, 5) is 29.5. The van der Waals surface area contributed by atoms with Crippen molar-refractivity contribution in [2.45, 2.75) is 31.0 Å². The Morgan fingerprint density at radius 2 is 1.81 bits per heavy atom. The molecule has 2 aromatic heterocycles. The SMILES string of the molecule is Cc1nn(-c2ccccc2)cc1C(=O)NCC(O)(c1cc2c(c(-c3ccc(F)cc3)n1)OC[C@]2(C)C(N)=O)C(F)(F)F. The molecule has 218 valence electrons. The van der Waals surface area contributed by atoms with Crippen molar-refractivity contribution in [2.24, 2.45) is 5.73 Å². The Morgan fingerprint density at radius 1 is 1.14 bits per heavy atom. The van der Waals surface area contributed by atoms with E-state index in [0.717, 1.165) is 18.2 Å². The van der Waals surface area contributed by atoms with Crippen molar-refractivity contribution in [1.82, 2.24) is 20.1 Å². The van der Waals surface area contributed by atoms with E-state index in [1.165, 1.54) is 36.9 Å². The first-order chi connectivity index (χ1) is 19.7. The lowest BCUT2D eigenvalue weighted by Crippen LogP contribution is -2.52. The van der Waals surface area contributed by atoms with Gasteiger partial charge in [0.05, 0.1) is 29.2 Å². The second kappa shape index (κ2) is 10.2. The molecular formula is C29H25F4N5O4. The van der Waals surface area contributed by atoms with Crippen LogP contribution in [-0.2, 0) is 15.8 Å². The van der Waals surface area contributed by atoms with E-state index in [0.29, 0.717) is 5.69 Å². The van der Waals surface area contributed by atoms with Gasteiger partial charge in [0, 0.05) is 17.3 Å². The summed E-state index contributed by atoms with van der Waals surface area (Å²) in [6, 6.07) is 14.4. The molecule has 2 amide bonds. The average molecular weight is 584 g/mol. The summed E-state index contributed by atoms with van der Waals surface area (Å²) in [5.41, 5.74) is 0.236. The molecule has 5 rings (SSSR count). The van der Waals surface area contributed by atoms with Crippen molar-refractivity contribution < 1.29 is 37.0 Å². The Labute approximate surface area is 236 Å². The van der Waals surface area contributed by atoms with Crippen LogP contribution in [0.25, 0.3) is 16.9 Å². The number of alkyl halides is 3. The number of fused-ring (bicyclic) bond motifs is 1. The number of pyridine rings is 1. The predicted molar refractivity (Wildman–Crippen MR) is 142 cm³/mol. The Hall–Kier alpha value is -4.78. The summed E-state index contributed by atoms with van der Waals surface area (Å²) < 4.78 is 64.5. The van der Waals surface area contributed by atoms with Crippen LogP contribution in [0.15, 0.2) is 66.9 Å². The highest BCUT2D eigenvalue weighted by Gasteiger charge is 2.57. The topological polar surface area (TPSA) is 132 Å². The zero-order valence-corrected chi connectivity index (χ0v) is 22.4. The van der Waals surface area contributed by atoms with Crippen LogP contribution in [0, 0.1) is 12.7 Å². The van der Waals surface area contributed by atoms with Crippen LogP contribution in [0.1, 0.15) is 34.2 Å². The Morgan fingerprint density at radius 3 is 2.43 bits per heavy atom. The number of hydrogen-bond donors (Lipinski definition) is 3. The van der Waals surface area contributed by atoms with Crippen molar-refractivity contribution in [2.75, 3.05) is 13.2 Å². The van der Waals surface area contributed by atoms with Crippen molar-refractivity contribution in [3.8, 4) is 22.7 Å². The molecule has 42 heavy (non-hydrogen) atoms. The highest BCUT2D eigenvalue weighted by Crippen LogP contribution is 2.47. The van der Waals surface area contributed by atoms with Gasteiger partial charge in [0.15, 0.2) is 0 Å². The third-order valence-electron chi connectivity index (χ3n) is 7.30. The summed E-state index contributed by atoms with van der Waals surface area (Å²) in [6.45, 7) is 1.30. The fraction of sp³-hybridized carbons (Fsp3) is 0.241. The van der Waals surface area contributed by atoms with Gasteiger partial charge in [-0.3, -0.25) is 9.59 Å². The van der Waals surface area contributed by atoms with E-state index in [9.17, 15) is 32.3 Å². The molecule has 2 atom stereocenters. The summed E-state index contributed by atoms with van der Waals surface area (Å²) in [6.07, 6.45) is -3.98. The number of para-hydroxylation sites is 1. The van der Waals surface area contributed by atoms with Crippen LogP contribution < -0.4 is 15.8 Å². The largest absolute Gasteiger partial charge is 0.489 e. The van der Waals surface area contributed by atoms with Crippen LogP contribution in [-0.4, -0.2) is 51.0 Å². The lowest BCUT2D eigenvalue weighted by atomic mass is 9.81. The number of carbonyl (C=O) groups is 2. The molecule has 1 aliphatic rings. The number of nitrogens with one attached hydrogen (secondary N) is 1. The van der Waals surface area contributed by atoms with Crippen LogP contribution in [0.4, 0.5) is 17.6 Å². The molecule has 4 aromatic rings. The smallest absolute Gasteiger partial charge is 0.424 e. The summed E-state index contributed by atoms with van der Waals surface area (Å²) >= 11 is 0. The molecule has 0 spiro atoms. The van der Waals surface area contributed by atoms with E-state index in [4.69, 9.17) is 10.5 Å². The molecule has 0 saturated heterocycles. The molecule has 0 radical (unpaired) electrons. The maximum absolute atomic E-state index is 14.6. The zero-order chi connectivity index (χ0) is 30.4. The highest BCUT2D eigenvalue weighted by atomic mass is 19.4. The predicted octanol–water partition coefficient (Wildman–Crippen LogP) is 3.70. The quantitative estimate of drug-likeness (QED) is 0.285. The van der Waals surface area contributed by atoms with Gasteiger partial charge in [0.2, 0.25) is 11.5 Å². The number of amides is 2. The molecule has 9 nitrogen and oxygen atoms in total. The number of ether oxygens (including phenoxy) is 1. The summed E-state index contributed by atoms with van der Waals surface area (Å²) in [5, 5.41) is 17.6. The maximum atomic E-state index is 14.6. The van der Waals surface area contributed by atoms with Crippen LogP contribution in [0.5, 0.6) is 5.75 Å². The second-order valence-corrected chi connectivity index (χ2v) is 10.2. The lowest BCUT2D eigenvalue weighted by molar-refractivity contribution is -0.265. The normalized spacial score (nSPS) is 17.7. The minimum Gasteiger partial charge on any atom is -0.489 e. The number of primary amides is 1. The molecule has 13 heteroatoms. The van der Waals surface area contributed by atoms with Crippen LogP contribution in [0.2, 0.25) is 0 Å². The van der Waals surface area contributed by atoms with E-state index in [1.807, 2.05) is 0 Å². The Bertz CT molecular complexity index is 1670. The number of hydrogen-bond acceptors (Lipinski definition) is 6. The van der Waals surface area contributed by atoms with Crippen molar-refractivity contribution in [1.29, 1.82) is 0 Å². The fourth-order valence-electron chi connectivity index (χ4n) is 4.64. The number of aliphatic hydroxyl groups is 1. The Balaban J connectivity index is 1.56. The number of carbonyl (C=O) groups excluding carboxylic acids is 2. The molecule has 0 fully saturated rings. The molecule has 3 heterocycles. The summed E-state index contributed by atoms with van der Waals surface area (Å²) in [7, 11) is 0. The van der Waals surface area contributed by atoms with Crippen molar-refractivity contribution >= 4 is 11.8 Å². The van der Waals surface area contributed by atoms with E-state index in [-0.39, 0.29) is 40.4 Å². The third kappa shape index (κ3) is 4.85. The standard InChI is InChI=1S/C29H25F4N5O4/c1-16-20(13-38(37-16)19-6-4-3-5-7-19)25(39)35-14-28(41,29(31,32)33)22-12-21-24(42-15-27(21,2)26(34)40)23(36-22)17-8-10-18(30)11-9-17/h3-13,41H,14-15H2,1-2H3,(H2,34,40)(H,35,39)/t27-,28?/m0/s1. The van der Waals surface area contributed by atoms with Crippen LogP contribution in [0.3, 0.4) is 0 Å². The van der Waals surface area contributed by atoms with E-state index < -0.39 is 47.1 Å². The molecule has 1 aliphatic heterocycles. The van der Waals surface area contributed by atoms with Gasteiger partial charge in [-0.05, 0) is 56.3 Å². The third-order valence-corrected chi connectivity index (χ3v) is 7.30. The molecule has 4 N–H and O–H groups in total. The van der Waals surface area contributed by atoms with Gasteiger partial charge in [-0.15, -0.1) is 0 Å². The number of rotatable bonds is 7. The van der Waals surface area contributed by atoms with Gasteiger partial charge in [0.25, 0.3) is 5.91 Å². The monoisotopic (exact) mass is 583 g/mol. The van der Waals surface area contributed by atoms with Gasteiger partial charge in [-0.1, -0.05) is 18.2 Å². The lowest BCUT2D eigenvalue weighted by Gasteiger charge is -2.31. The van der Waals surface area contributed by atoms with E-state index in [1.54, 1.807) is 30.3 Å². The number of aromatic nitrogens is 3. The number of benzene rings is 2. The van der Waals surface area contributed by atoms with Crippen molar-refractivity contribution in [3.63, 3.8) is 0 Å². The number of nitrogens with two attached hydrogens (primary N) is 1. The Kier molecular flexibility index (Phi) is 7.01. The highest BCUT2D eigenvalue weighted by molar-refractivity contribution is 5.95. The number of aryl methyl sites for hydroxylation is 1. The molecule has 0 aliphatic carbocycles. The minimum absolute atomic E-state index is 0.00741. The van der Waals surface area contributed by atoms with Gasteiger partial charge in [0.1, 0.15) is 29.3 Å². The summed E-state index contributed by atoms with van der Waals surface area (Å²) in [5.74, 6) is -2.42. The van der Waals surface area contributed by atoms with Gasteiger partial charge in [-0.2, -0.15) is 18.3 Å². The zero-order valence-electron chi connectivity index (χ0n) is 22.4. The number of nitrogens with zero attached hydrogens (tertiary/aromatic N) is 3. The first-order valence-electron chi connectivity index (χ1n) is 12.7. The molecule has 1 unspecified atom stereocenters. The van der Waals surface area contributed by atoms with Crippen LogP contribution >= 0.6 is 0 Å². The fourth-order valence-corrected chi connectivity index (χ4v) is 4.64. The van der Waals surface area contributed by atoms with Gasteiger partial charge in [-0.25, -0.2) is 14.1 Å². The van der Waals surface area contributed by atoms with E-state index >= 15 is 0 Å². The van der Waals surface area contributed by atoms with Crippen molar-refractivity contribution in [3.05, 3.63) is 95.2 Å². The first kappa shape index (κ1) is 28.7. The molecule has 2 aromatic carbocycles. The van der Waals surface area contributed by atoms with Gasteiger partial charge >= 0.3 is 6.18 Å². The second-order valence-electron chi connectivity index (χ2n) is 10.2. The van der Waals surface area contributed by atoms with Gasteiger partial charge < -0.3 is 20.9 Å². The van der Waals surface area contributed by atoms with E-state index in [2.05, 4.69) is 15.4 Å².